The number of nitrogens with zero attached hydrogens (tertiary/aromatic N) is 2. The van der Waals surface area contributed by atoms with Gasteiger partial charge >= 0.3 is 0 Å². The van der Waals surface area contributed by atoms with Gasteiger partial charge in [-0.1, -0.05) is 60.7 Å². The summed E-state index contributed by atoms with van der Waals surface area (Å²) >= 11 is 6.49. The first-order valence-electron chi connectivity index (χ1n) is 11.3. The summed E-state index contributed by atoms with van der Waals surface area (Å²) in [5.41, 5.74) is 4.42. The van der Waals surface area contributed by atoms with E-state index in [-0.39, 0.29) is 23.4 Å². The minimum atomic E-state index is -0.509. The summed E-state index contributed by atoms with van der Waals surface area (Å²) in [7, 11) is 0. The van der Waals surface area contributed by atoms with Crippen molar-refractivity contribution in [1.29, 1.82) is 0 Å². The average molecular weight is 462 g/mol. The number of aryl methyl sites for hydroxylation is 1. The molecule has 5 atom stereocenters. The van der Waals surface area contributed by atoms with E-state index in [1.54, 1.807) is 0 Å². The number of nitrogens with one attached hydrogen (secondary N) is 3. The van der Waals surface area contributed by atoms with Crippen LogP contribution in [-0.4, -0.2) is 36.0 Å². The topological polar surface area (TPSA) is 70.0 Å². The van der Waals surface area contributed by atoms with Gasteiger partial charge in [0.05, 0.1) is 17.1 Å². The van der Waals surface area contributed by atoms with E-state index in [0.717, 1.165) is 23.7 Å². The number of hydrogen-bond acceptors (Lipinski definition) is 4. The maximum Gasteiger partial charge on any atom is 0.271 e. The maximum absolute atomic E-state index is 6.49. The van der Waals surface area contributed by atoms with Crippen molar-refractivity contribution in [3.05, 3.63) is 84.0 Å². The van der Waals surface area contributed by atoms with Crippen molar-refractivity contribution in [2.75, 3.05) is 11.9 Å². The molecular weight excluding hydrogens is 434 g/mol. The molecule has 7 heteroatoms. The van der Waals surface area contributed by atoms with Crippen molar-refractivity contribution < 1.29 is 4.74 Å². The smallest absolute Gasteiger partial charge is 0.271 e. The van der Waals surface area contributed by atoms with Gasteiger partial charge in [0.15, 0.2) is 0 Å². The molecule has 6 nitrogen and oxygen atoms in total. The van der Waals surface area contributed by atoms with Crippen LogP contribution < -0.4 is 20.7 Å². The first kappa shape index (κ1) is 21.7. The Morgan fingerprint density at radius 1 is 1.03 bits per heavy atom. The Morgan fingerprint density at radius 3 is 2.64 bits per heavy atom. The Labute approximate surface area is 199 Å². The van der Waals surface area contributed by atoms with Crippen molar-refractivity contribution in [3.8, 4) is 5.75 Å². The Balaban J connectivity index is 1.40. The van der Waals surface area contributed by atoms with Crippen molar-refractivity contribution in [3.63, 3.8) is 0 Å². The van der Waals surface area contributed by atoms with Crippen LogP contribution in [0.4, 0.5) is 5.69 Å². The van der Waals surface area contributed by atoms with Crippen LogP contribution in [0.5, 0.6) is 5.75 Å². The molecule has 0 radical (unpaired) electrons. The monoisotopic (exact) mass is 461 g/mol. The van der Waals surface area contributed by atoms with Gasteiger partial charge < -0.3 is 20.7 Å². The van der Waals surface area contributed by atoms with Gasteiger partial charge in [-0.15, -0.1) is 11.6 Å². The van der Waals surface area contributed by atoms with Gasteiger partial charge in [-0.2, -0.15) is 4.99 Å². The average Bonchev–Trinajstić information content (AvgIpc) is 3.22. The number of rotatable bonds is 5. The predicted octanol–water partition coefficient (Wildman–Crippen LogP) is 4.55. The minimum Gasteiger partial charge on any atom is -0.448 e. The molecule has 0 saturated heterocycles. The molecule has 0 saturated carbocycles. The highest BCUT2D eigenvalue weighted by Crippen LogP contribution is 2.33. The molecule has 170 valence electrons. The quantitative estimate of drug-likeness (QED) is 0.571. The number of benzene rings is 2. The Kier molecular flexibility index (Phi) is 6.20. The van der Waals surface area contributed by atoms with Crippen molar-refractivity contribution in [1.82, 2.24) is 10.6 Å². The lowest BCUT2D eigenvalue weighted by molar-refractivity contribution is 0.263. The van der Waals surface area contributed by atoms with Crippen LogP contribution in [0.15, 0.2) is 82.8 Å². The number of allylic oxidation sites excluding steroid dienone is 2. The largest absolute Gasteiger partial charge is 0.448 e. The summed E-state index contributed by atoms with van der Waals surface area (Å²) in [4.78, 5) is 9.53. The Bertz CT molecular complexity index is 1120. The van der Waals surface area contributed by atoms with E-state index >= 15 is 0 Å². The van der Waals surface area contributed by atoms with Crippen LogP contribution in [-0.2, 0) is 0 Å². The molecule has 0 aromatic heterocycles. The fraction of sp³-hybridized carbons (Fsp3) is 0.308. The second-order valence-electron chi connectivity index (χ2n) is 8.55. The molecule has 2 aromatic rings. The first-order valence-corrected chi connectivity index (χ1v) is 11.7. The molecular formula is C26H28ClN5O. The zero-order chi connectivity index (χ0) is 22.8. The van der Waals surface area contributed by atoms with Crippen molar-refractivity contribution >= 4 is 29.0 Å². The number of fused-ring (bicyclic) bond motifs is 1. The van der Waals surface area contributed by atoms with Crippen molar-refractivity contribution in [2.24, 2.45) is 15.9 Å². The molecule has 0 bridgehead atoms. The molecule has 0 spiro atoms. The highest BCUT2D eigenvalue weighted by molar-refractivity contribution is 6.22. The molecule has 2 heterocycles. The van der Waals surface area contributed by atoms with Gasteiger partial charge in [-0.3, -0.25) is 0 Å². The van der Waals surface area contributed by atoms with E-state index in [2.05, 4.69) is 60.1 Å². The highest BCUT2D eigenvalue weighted by atomic mass is 35.5. The zero-order valence-corrected chi connectivity index (χ0v) is 19.5. The van der Waals surface area contributed by atoms with Gasteiger partial charge in [-0.05, 0) is 37.1 Å². The SMILES string of the molecule is CC1=NC(=NC2Nc3ccccc3O2)NC(c2ccccc2C)C1CNC1C=CC=CC1Cl. The van der Waals surface area contributed by atoms with Crippen LogP contribution in [0.1, 0.15) is 24.1 Å². The number of aliphatic imine (C=N–C) groups is 2. The molecule has 33 heavy (non-hydrogen) atoms. The molecule has 5 rings (SSSR count). The maximum atomic E-state index is 6.49. The number of guanidine groups is 1. The van der Waals surface area contributed by atoms with Gasteiger partial charge in [-0.25, -0.2) is 4.99 Å². The van der Waals surface area contributed by atoms with E-state index in [1.807, 2.05) is 42.5 Å². The normalized spacial score (nSPS) is 29.1. The third kappa shape index (κ3) is 4.68. The number of para-hydroxylation sites is 2. The summed E-state index contributed by atoms with van der Waals surface area (Å²) < 4.78 is 5.93. The highest BCUT2D eigenvalue weighted by Gasteiger charge is 2.33. The van der Waals surface area contributed by atoms with Crippen LogP contribution in [0.3, 0.4) is 0 Å². The molecule has 1 aliphatic carbocycles. The van der Waals surface area contributed by atoms with Crippen LogP contribution in [0, 0.1) is 12.8 Å². The van der Waals surface area contributed by atoms with Crippen LogP contribution >= 0.6 is 11.6 Å². The molecule has 0 fully saturated rings. The van der Waals surface area contributed by atoms with E-state index < -0.39 is 6.35 Å². The summed E-state index contributed by atoms with van der Waals surface area (Å²) in [6.07, 6.45) is 7.63. The fourth-order valence-corrected chi connectivity index (χ4v) is 4.75. The third-order valence-corrected chi connectivity index (χ3v) is 6.73. The number of alkyl halides is 1. The summed E-state index contributed by atoms with van der Waals surface area (Å²) in [5.74, 6) is 1.51. The Hall–Kier alpha value is -3.09. The number of ether oxygens (including phenoxy) is 1. The van der Waals surface area contributed by atoms with Gasteiger partial charge in [0.1, 0.15) is 5.75 Å². The Morgan fingerprint density at radius 2 is 1.82 bits per heavy atom. The predicted molar refractivity (Wildman–Crippen MR) is 135 cm³/mol. The number of anilines is 1. The summed E-state index contributed by atoms with van der Waals surface area (Å²) in [6, 6.07) is 16.4. The van der Waals surface area contributed by atoms with Crippen LogP contribution in [0.25, 0.3) is 0 Å². The number of hydrogen-bond donors (Lipinski definition) is 3. The molecule has 5 unspecified atom stereocenters. The van der Waals surface area contributed by atoms with Gasteiger partial charge in [0.2, 0.25) is 5.96 Å². The molecule has 3 N–H and O–H groups in total. The molecule has 0 amide bonds. The first-order chi connectivity index (χ1) is 16.1. The number of halogens is 1. The molecule has 3 aliphatic rings. The van der Waals surface area contributed by atoms with Gasteiger partial charge in [0.25, 0.3) is 6.35 Å². The summed E-state index contributed by atoms with van der Waals surface area (Å²) in [6.45, 7) is 4.95. The molecule has 2 aromatic carbocycles. The van der Waals surface area contributed by atoms with E-state index in [1.165, 1.54) is 11.1 Å². The fourth-order valence-electron chi connectivity index (χ4n) is 4.49. The summed E-state index contributed by atoms with van der Waals surface area (Å²) in [5, 5.41) is 10.4. The van der Waals surface area contributed by atoms with Crippen molar-refractivity contribution in [2.45, 2.75) is 37.7 Å². The van der Waals surface area contributed by atoms with E-state index in [0.29, 0.717) is 5.96 Å². The molecule has 2 aliphatic heterocycles. The lowest BCUT2D eigenvalue weighted by atomic mass is 9.86. The second-order valence-corrected chi connectivity index (χ2v) is 9.05. The lowest BCUT2D eigenvalue weighted by Gasteiger charge is -2.35. The minimum absolute atomic E-state index is 0.0237. The van der Waals surface area contributed by atoms with Crippen LogP contribution in [0.2, 0.25) is 0 Å². The zero-order valence-electron chi connectivity index (χ0n) is 18.7. The standard InChI is InChI=1S/C26H28ClN5O/c1-16-9-3-4-10-18(16)24-19(15-28-21-12-6-5-11-20(21)27)17(2)29-25(31-24)32-26-30-22-13-7-8-14-23(22)33-26/h3-14,19-21,24,26,28,30H,15H2,1-2H3,(H,31,32). The lowest BCUT2D eigenvalue weighted by Crippen LogP contribution is -2.48. The van der Waals surface area contributed by atoms with E-state index in [4.69, 9.17) is 26.3 Å². The second kappa shape index (κ2) is 9.41. The van der Waals surface area contributed by atoms with E-state index in [9.17, 15) is 0 Å². The van der Waals surface area contributed by atoms with Gasteiger partial charge in [0, 0.05) is 24.2 Å². The third-order valence-electron chi connectivity index (χ3n) is 6.31.